The van der Waals surface area contributed by atoms with Gasteiger partial charge in [-0.15, -0.1) is 24.8 Å². The molecule has 1 aliphatic rings. The molecule has 0 aromatic rings. The lowest BCUT2D eigenvalue weighted by Crippen LogP contribution is -2.40. The molecule has 2 N–H and O–H groups in total. The van der Waals surface area contributed by atoms with Crippen LogP contribution in [0.3, 0.4) is 0 Å². The van der Waals surface area contributed by atoms with Crippen LogP contribution in [-0.4, -0.2) is 31.1 Å². The highest BCUT2D eigenvalue weighted by atomic mass is 35.5. The third kappa shape index (κ3) is 3.98. The summed E-state index contributed by atoms with van der Waals surface area (Å²) in [6.07, 6.45) is 1.38. The number of hydrogen-bond acceptors (Lipinski definition) is 2. The van der Waals surface area contributed by atoms with Gasteiger partial charge in [0.05, 0.1) is 0 Å². The van der Waals surface area contributed by atoms with Crippen molar-refractivity contribution in [1.29, 1.82) is 0 Å². The molecule has 4 heteroatoms. The van der Waals surface area contributed by atoms with Gasteiger partial charge in [0.2, 0.25) is 0 Å². The Morgan fingerprint density at radius 3 is 1.89 bits per heavy atom. The molecule has 0 aliphatic carbocycles. The first-order valence-electron chi connectivity index (χ1n) is 2.86. The molecule has 2 nitrogen and oxygen atoms in total. The Morgan fingerprint density at radius 1 is 1.22 bits per heavy atom. The summed E-state index contributed by atoms with van der Waals surface area (Å²) < 4.78 is 0. The first-order chi connectivity index (χ1) is 3.43. The maximum Gasteiger partial charge on any atom is 0.0105 e. The smallest absolute Gasteiger partial charge is 0.0105 e. The van der Waals surface area contributed by atoms with E-state index in [-0.39, 0.29) is 24.8 Å². The predicted octanol–water partition coefficient (Wildman–Crippen LogP) is 0.494. The highest BCUT2D eigenvalue weighted by Crippen LogP contribution is 2.02. The van der Waals surface area contributed by atoms with Crippen LogP contribution in [0.1, 0.15) is 6.42 Å². The van der Waals surface area contributed by atoms with Crippen molar-refractivity contribution >= 4 is 24.8 Å². The Hall–Kier alpha value is 0.500. The Kier molecular flexibility index (Phi) is 8.97. The molecule has 1 heterocycles. The first kappa shape index (κ1) is 12.2. The van der Waals surface area contributed by atoms with Crippen molar-refractivity contribution in [2.24, 2.45) is 5.73 Å². The Labute approximate surface area is 68.6 Å². The molecule has 0 aromatic carbocycles. The summed E-state index contributed by atoms with van der Waals surface area (Å²) in [5, 5.41) is 0. The summed E-state index contributed by atoms with van der Waals surface area (Å²) in [6.45, 7) is 4.47. The zero-order valence-corrected chi connectivity index (χ0v) is 7.01. The zero-order chi connectivity index (χ0) is 5.11. The SMILES string of the molecule is Cl.Cl.NCCN1CCC1. The molecule has 58 valence electrons. The van der Waals surface area contributed by atoms with Gasteiger partial charge < -0.3 is 10.6 Å². The van der Waals surface area contributed by atoms with Gasteiger partial charge in [-0.1, -0.05) is 0 Å². The molecule has 0 saturated carbocycles. The van der Waals surface area contributed by atoms with Crippen molar-refractivity contribution in [3.8, 4) is 0 Å². The number of likely N-dealkylation sites (tertiary alicyclic amines) is 1. The molecule has 0 atom stereocenters. The second kappa shape index (κ2) is 6.62. The fourth-order valence-electron chi connectivity index (χ4n) is 0.788. The number of hydrogen-bond donors (Lipinski definition) is 1. The Bertz CT molecular complexity index is 56.9. The van der Waals surface area contributed by atoms with Gasteiger partial charge in [-0.3, -0.25) is 0 Å². The van der Waals surface area contributed by atoms with Gasteiger partial charge in [0.15, 0.2) is 0 Å². The summed E-state index contributed by atoms with van der Waals surface area (Å²) in [5.41, 5.74) is 5.30. The van der Waals surface area contributed by atoms with Gasteiger partial charge in [-0.05, 0) is 19.5 Å². The van der Waals surface area contributed by atoms with Gasteiger partial charge in [-0.2, -0.15) is 0 Å². The quantitative estimate of drug-likeness (QED) is 0.658. The van der Waals surface area contributed by atoms with Gasteiger partial charge in [0, 0.05) is 13.1 Å². The van der Waals surface area contributed by atoms with Crippen molar-refractivity contribution in [3.05, 3.63) is 0 Å². The average Bonchev–Trinajstić information content (AvgIpc) is 1.55. The summed E-state index contributed by atoms with van der Waals surface area (Å²) >= 11 is 0. The van der Waals surface area contributed by atoms with Crippen molar-refractivity contribution in [3.63, 3.8) is 0 Å². The summed E-state index contributed by atoms with van der Waals surface area (Å²) in [5.74, 6) is 0. The third-order valence-corrected chi connectivity index (χ3v) is 1.39. The van der Waals surface area contributed by atoms with Gasteiger partial charge in [0.1, 0.15) is 0 Å². The van der Waals surface area contributed by atoms with Crippen LogP contribution in [0.5, 0.6) is 0 Å². The van der Waals surface area contributed by atoms with E-state index in [1.165, 1.54) is 19.5 Å². The number of rotatable bonds is 2. The fraction of sp³-hybridized carbons (Fsp3) is 1.00. The summed E-state index contributed by atoms with van der Waals surface area (Å²) in [6, 6.07) is 0. The normalized spacial score (nSPS) is 17.0. The Morgan fingerprint density at radius 2 is 1.78 bits per heavy atom. The van der Waals surface area contributed by atoms with Gasteiger partial charge in [0.25, 0.3) is 0 Å². The zero-order valence-electron chi connectivity index (χ0n) is 5.38. The molecule has 1 saturated heterocycles. The van der Waals surface area contributed by atoms with E-state index >= 15 is 0 Å². The second-order valence-electron chi connectivity index (χ2n) is 1.98. The van der Waals surface area contributed by atoms with Crippen molar-refractivity contribution in [1.82, 2.24) is 4.90 Å². The lowest BCUT2D eigenvalue weighted by atomic mass is 10.2. The lowest BCUT2D eigenvalue weighted by Gasteiger charge is -2.29. The van der Waals surface area contributed by atoms with Crippen LogP contribution in [0.15, 0.2) is 0 Å². The molecule has 0 amide bonds. The van der Waals surface area contributed by atoms with E-state index in [1.807, 2.05) is 0 Å². The minimum atomic E-state index is 0. The van der Waals surface area contributed by atoms with Crippen LogP contribution >= 0.6 is 24.8 Å². The highest BCUT2D eigenvalue weighted by molar-refractivity contribution is 5.85. The van der Waals surface area contributed by atoms with Gasteiger partial charge in [-0.25, -0.2) is 0 Å². The average molecular weight is 173 g/mol. The molecule has 1 rings (SSSR count). The van der Waals surface area contributed by atoms with E-state index in [4.69, 9.17) is 5.73 Å². The molecule has 0 radical (unpaired) electrons. The maximum absolute atomic E-state index is 5.30. The Balaban J connectivity index is 0. The van der Waals surface area contributed by atoms with Crippen molar-refractivity contribution in [2.75, 3.05) is 26.2 Å². The van der Waals surface area contributed by atoms with Gasteiger partial charge >= 0.3 is 0 Å². The van der Waals surface area contributed by atoms with Crippen LogP contribution in [-0.2, 0) is 0 Å². The first-order valence-corrected chi connectivity index (χ1v) is 2.86. The van der Waals surface area contributed by atoms with Crippen LogP contribution in [0, 0.1) is 0 Å². The molecule has 1 fully saturated rings. The predicted molar refractivity (Wildman–Crippen MR) is 44.6 cm³/mol. The fourth-order valence-corrected chi connectivity index (χ4v) is 0.788. The summed E-state index contributed by atoms with van der Waals surface area (Å²) in [7, 11) is 0. The topological polar surface area (TPSA) is 29.3 Å². The monoisotopic (exact) mass is 172 g/mol. The molecule has 9 heavy (non-hydrogen) atoms. The molecule has 1 aliphatic heterocycles. The number of nitrogens with two attached hydrogens (primary N) is 1. The van der Waals surface area contributed by atoms with Crippen LogP contribution in [0.25, 0.3) is 0 Å². The molecule has 0 aromatic heterocycles. The van der Waals surface area contributed by atoms with Crippen molar-refractivity contribution < 1.29 is 0 Å². The third-order valence-electron chi connectivity index (χ3n) is 1.39. The van der Waals surface area contributed by atoms with E-state index in [9.17, 15) is 0 Å². The number of halogens is 2. The van der Waals surface area contributed by atoms with Crippen molar-refractivity contribution in [2.45, 2.75) is 6.42 Å². The highest BCUT2D eigenvalue weighted by Gasteiger charge is 2.10. The molecular formula is C5H14Cl2N2. The standard InChI is InChI=1S/C5H12N2.2ClH/c6-2-5-7-3-1-4-7;;/h1-6H2;2*1H. The van der Waals surface area contributed by atoms with Crippen LogP contribution in [0.2, 0.25) is 0 Å². The number of nitrogens with zero attached hydrogens (tertiary/aromatic N) is 1. The van der Waals surface area contributed by atoms with E-state index in [0.717, 1.165) is 13.1 Å². The van der Waals surface area contributed by atoms with E-state index < -0.39 is 0 Å². The summed E-state index contributed by atoms with van der Waals surface area (Å²) in [4.78, 5) is 2.36. The largest absolute Gasteiger partial charge is 0.329 e. The van der Waals surface area contributed by atoms with Crippen LogP contribution in [0.4, 0.5) is 0 Å². The lowest BCUT2D eigenvalue weighted by molar-refractivity contribution is 0.187. The van der Waals surface area contributed by atoms with E-state index in [2.05, 4.69) is 4.90 Å². The second-order valence-corrected chi connectivity index (χ2v) is 1.98. The van der Waals surface area contributed by atoms with E-state index in [0.29, 0.717) is 0 Å². The molecule has 0 bridgehead atoms. The van der Waals surface area contributed by atoms with E-state index in [1.54, 1.807) is 0 Å². The molecule has 0 spiro atoms. The minimum absolute atomic E-state index is 0. The molecular weight excluding hydrogens is 159 g/mol. The molecule has 0 unspecified atom stereocenters. The minimum Gasteiger partial charge on any atom is -0.329 e. The maximum atomic E-state index is 5.30. The van der Waals surface area contributed by atoms with Crippen LogP contribution < -0.4 is 5.73 Å².